The van der Waals surface area contributed by atoms with Crippen molar-refractivity contribution < 1.29 is 0 Å². The second-order valence-corrected chi connectivity index (χ2v) is 13.0. The lowest BCUT2D eigenvalue weighted by Gasteiger charge is -2.38. The summed E-state index contributed by atoms with van der Waals surface area (Å²) in [6.45, 7) is 0. The first-order chi connectivity index (χ1) is 16.3. The van der Waals surface area contributed by atoms with Gasteiger partial charge >= 0.3 is 0 Å². The van der Waals surface area contributed by atoms with Gasteiger partial charge in [0.25, 0.3) is 0 Å². The zero-order valence-electron chi connectivity index (χ0n) is 18.3. The summed E-state index contributed by atoms with van der Waals surface area (Å²) >= 11 is 1.89. The van der Waals surface area contributed by atoms with Gasteiger partial charge in [-0.2, -0.15) is 0 Å². The molecule has 0 unspecified atom stereocenters. The normalized spacial score (nSPS) is 11.8. The quantitative estimate of drug-likeness (QED) is 0.234. The van der Waals surface area contributed by atoms with Crippen LogP contribution in [0.3, 0.4) is 0 Å². The van der Waals surface area contributed by atoms with Gasteiger partial charge in [0.2, 0.25) is 0 Å². The molecule has 0 nitrogen and oxygen atoms in total. The van der Waals surface area contributed by atoms with Crippen molar-refractivity contribution in [2.45, 2.75) is 6.16 Å². The lowest BCUT2D eigenvalue weighted by Crippen LogP contribution is -2.32. The summed E-state index contributed by atoms with van der Waals surface area (Å²) in [5.74, 6) is 0. The first kappa shape index (κ1) is 20.4. The average molecular weight is 460 g/mol. The number of hydrogen-bond acceptors (Lipinski definition) is 1. The van der Waals surface area contributed by atoms with Gasteiger partial charge in [-0.05, 0) is 46.9 Å². The van der Waals surface area contributed by atoms with Crippen molar-refractivity contribution in [2.75, 3.05) is 0 Å². The number of fused-ring (bicyclic) bond motifs is 3. The largest absolute Gasteiger partial charge is 0.135 e. The molecule has 0 fully saturated rings. The maximum Gasteiger partial charge on any atom is 0.0355 e. The highest BCUT2D eigenvalue weighted by atomic mass is 32.1. The third-order valence-corrected chi connectivity index (χ3v) is 12.0. The fraction of sp³-hybridized carbons (Fsp3) is 0.0323. The van der Waals surface area contributed by atoms with Crippen molar-refractivity contribution in [3.05, 3.63) is 139 Å². The zero-order valence-corrected chi connectivity index (χ0v) is 20.0. The lowest BCUT2D eigenvalue weighted by molar-refractivity contribution is 1.41. The fourth-order valence-electron chi connectivity index (χ4n) is 4.91. The van der Waals surface area contributed by atoms with Crippen LogP contribution in [0.1, 0.15) is 5.56 Å². The Hall–Kier alpha value is -3.25. The molecule has 5 aromatic carbocycles. The van der Waals surface area contributed by atoms with Crippen LogP contribution in [0.5, 0.6) is 0 Å². The Labute approximate surface area is 199 Å². The minimum absolute atomic E-state index is 1.01. The molecule has 6 aromatic rings. The van der Waals surface area contributed by atoms with Gasteiger partial charge in [0.15, 0.2) is 0 Å². The van der Waals surface area contributed by atoms with Crippen molar-refractivity contribution in [1.82, 2.24) is 0 Å². The van der Waals surface area contributed by atoms with Crippen LogP contribution in [0.15, 0.2) is 133 Å². The van der Waals surface area contributed by atoms with Crippen molar-refractivity contribution in [2.24, 2.45) is 0 Å². The predicted molar refractivity (Wildman–Crippen MR) is 148 cm³/mol. The van der Waals surface area contributed by atoms with Gasteiger partial charge in [-0.25, -0.2) is 0 Å². The molecule has 0 saturated heterocycles. The molecule has 0 N–H and O–H groups in total. The first-order valence-corrected chi connectivity index (χ1v) is 14.1. The number of rotatable bonds is 5. The van der Waals surface area contributed by atoms with Gasteiger partial charge in [-0.15, -0.1) is 11.3 Å². The van der Waals surface area contributed by atoms with E-state index in [1.807, 2.05) is 11.3 Å². The Kier molecular flexibility index (Phi) is 5.30. The van der Waals surface area contributed by atoms with Crippen LogP contribution in [0, 0.1) is 0 Å². The van der Waals surface area contributed by atoms with E-state index in [-0.39, 0.29) is 0 Å². The van der Waals surface area contributed by atoms with E-state index < -0.39 is 7.26 Å². The number of thiophene rings is 1. The molecule has 33 heavy (non-hydrogen) atoms. The Morgan fingerprint density at radius 1 is 0.455 bits per heavy atom. The van der Waals surface area contributed by atoms with Crippen LogP contribution >= 0.6 is 18.6 Å². The number of benzene rings is 5. The first-order valence-electron chi connectivity index (χ1n) is 11.3. The molecule has 2 heteroatoms. The van der Waals surface area contributed by atoms with E-state index in [2.05, 4.69) is 133 Å². The highest BCUT2D eigenvalue weighted by Crippen LogP contribution is 2.58. The maximum absolute atomic E-state index is 2.44. The predicted octanol–water partition coefficient (Wildman–Crippen LogP) is 7.55. The molecule has 0 aliphatic rings. The molecule has 0 atom stereocenters. The third kappa shape index (κ3) is 3.59. The minimum Gasteiger partial charge on any atom is -0.135 e. The van der Waals surface area contributed by atoms with Crippen molar-refractivity contribution in [3.63, 3.8) is 0 Å². The lowest BCUT2D eigenvalue weighted by atomic mass is 10.1. The topological polar surface area (TPSA) is 0 Å². The van der Waals surface area contributed by atoms with E-state index in [0.29, 0.717) is 0 Å². The Bertz CT molecular complexity index is 1420. The SMILES string of the molecule is c1ccc([P](Cc2ccc3sc4ccccc4c3c2)(c2ccccc2)c2ccccc2)cc1. The maximum atomic E-state index is 2.44. The summed E-state index contributed by atoms with van der Waals surface area (Å²) in [6.07, 6.45) is 1.01. The minimum atomic E-state index is -1.89. The second-order valence-electron chi connectivity index (χ2n) is 8.40. The van der Waals surface area contributed by atoms with Crippen molar-refractivity contribution in [3.8, 4) is 0 Å². The summed E-state index contributed by atoms with van der Waals surface area (Å²) in [6, 6.07) is 49.3. The van der Waals surface area contributed by atoms with Gasteiger partial charge in [0, 0.05) is 26.3 Å². The highest BCUT2D eigenvalue weighted by molar-refractivity contribution is 7.95. The van der Waals surface area contributed by atoms with Crippen molar-refractivity contribution >= 4 is 54.7 Å². The molecular weight excluding hydrogens is 435 g/mol. The van der Waals surface area contributed by atoms with Gasteiger partial charge < -0.3 is 0 Å². The molecule has 0 amide bonds. The molecule has 0 saturated carbocycles. The van der Waals surface area contributed by atoms with Gasteiger partial charge in [0.1, 0.15) is 0 Å². The van der Waals surface area contributed by atoms with E-state index in [1.54, 1.807) is 0 Å². The summed E-state index contributed by atoms with van der Waals surface area (Å²) < 4.78 is 2.72. The van der Waals surface area contributed by atoms with Crippen LogP contribution in [0.25, 0.3) is 20.2 Å². The van der Waals surface area contributed by atoms with Crippen LogP contribution in [-0.4, -0.2) is 0 Å². The highest BCUT2D eigenvalue weighted by Gasteiger charge is 2.34. The fourth-order valence-corrected chi connectivity index (χ4v) is 10.2. The standard InChI is InChI=1S/C31H24PS/c1-4-12-25(13-5-1)32(26-14-6-2-7-15-26,27-16-8-3-9-17-27)23-24-20-21-31-29(22-24)28-18-10-11-19-30(28)33-31/h1-22H,23H2. The molecular formula is C31H24PS. The molecule has 1 heterocycles. The molecule has 0 aliphatic carbocycles. The van der Waals surface area contributed by atoms with E-state index in [4.69, 9.17) is 0 Å². The Morgan fingerprint density at radius 3 is 1.52 bits per heavy atom. The van der Waals surface area contributed by atoms with Gasteiger partial charge in [-0.1, -0.05) is 115 Å². The second kappa shape index (κ2) is 8.60. The molecule has 0 aliphatic heterocycles. The summed E-state index contributed by atoms with van der Waals surface area (Å²) in [4.78, 5) is 0. The monoisotopic (exact) mass is 459 g/mol. The average Bonchev–Trinajstić information content (AvgIpc) is 3.27. The summed E-state index contributed by atoms with van der Waals surface area (Å²) in [5, 5.41) is 7.02. The van der Waals surface area contributed by atoms with E-state index in [1.165, 1.54) is 41.6 Å². The number of hydrogen-bond donors (Lipinski definition) is 0. The molecule has 1 radical (unpaired) electrons. The van der Waals surface area contributed by atoms with Gasteiger partial charge in [0.05, 0.1) is 0 Å². The third-order valence-electron chi connectivity index (χ3n) is 6.45. The molecule has 0 spiro atoms. The Morgan fingerprint density at radius 2 is 0.939 bits per heavy atom. The van der Waals surface area contributed by atoms with Crippen LogP contribution < -0.4 is 15.9 Å². The van der Waals surface area contributed by atoms with E-state index >= 15 is 0 Å². The van der Waals surface area contributed by atoms with E-state index in [9.17, 15) is 0 Å². The molecule has 1 aromatic heterocycles. The molecule has 0 bridgehead atoms. The smallest absolute Gasteiger partial charge is 0.0355 e. The van der Waals surface area contributed by atoms with Crippen LogP contribution in [0.2, 0.25) is 0 Å². The van der Waals surface area contributed by atoms with Crippen LogP contribution in [-0.2, 0) is 6.16 Å². The summed E-state index contributed by atoms with van der Waals surface area (Å²) in [5.41, 5.74) is 1.40. The van der Waals surface area contributed by atoms with E-state index in [0.717, 1.165) is 6.16 Å². The molecule has 159 valence electrons. The zero-order chi connectivity index (χ0) is 22.1. The van der Waals surface area contributed by atoms with Crippen LogP contribution in [0.4, 0.5) is 0 Å². The molecule has 6 rings (SSSR count). The Balaban J connectivity index is 1.60. The van der Waals surface area contributed by atoms with Gasteiger partial charge in [-0.3, -0.25) is 0 Å². The summed E-state index contributed by atoms with van der Waals surface area (Å²) in [7, 11) is -1.89. The van der Waals surface area contributed by atoms with Crippen molar-refractivity contribution in [1.29, 1.82) is 0 Å².